The maximum Gasteiger partial charge on any atom is 0.0665 e. The van der Waals surface area contributed by atoms with E-state index in [0.717, 1.165) is 12.0 Å². The van der Waals surface area contributed by atoms with Gasteiger partial charge in [0.05, 0.1) is 6.10 Å². The number of aliphatic hydroxyl groups excluding tert-OH is 1. The zero-order valence-corrected chi connectivity index (χ0v) is 7.79. The van der Waals surface area contributed by atoms with Crippen molar-refractivity contribution in [2.45, 2.75) is 57.2 Å². The summed E-state index contributed by atoms with van der Waals surface area (Å²) in [6, 6.07) is 1.09. The van der Waals surface area contributed by atoms with Gasteiger partial charge in [-0.3, -0.25) is 0 Å². The van der Waals surface area contributed by atoms with E-state index in [-0.39, 0.29) is 6.10 Å². The monoisotopic (exact) mass is 169 g/mol. The van der Waals surface area contributed by atoms with Gasteiger partial charge >= 0.3 is 0 Å². The van der Waals surface area contributed by atoms with Gasteiger partial charge in [-0.15, -0.1) is 0 Å². The van der Waals surface area contributed by atoms with Crippen LogP contribution in [0.15, 0.2) is 0 Å². The lowest BCUT2D eigenvalue weighted by Gasteiger charge is -2.24. The van der Waals surface area contributed by atoms with Crippen molar-refractivity contribution in [2.75, 3.05) is 0 Å². The van der Waals surface area contributed by atoms with Gasteiger partial charge in [0.1, 0.15) is 0 Å². The van der Waals surface area contributed by atoms with Crippen molar-refractivity contribution in [3.8, 4) is 0 Å². The standard InChI is InChI=1S/C10H19NO/c1-7(12)10-6-8-4-2-3-5-9(8)11-10/h7-12H,2-6H2,1H3. The van der Waals surface area contributed by atoms with Crippen molar-refractivity contribution < 1.29 is 5.11 Å². The van der Waals surface area contributed by atoms with Gasteiger partial charge in [0.2, 0.25) is 0 Å². The molecule has 70 valence electrons. The molecule has 1 saturated carbocycles. The summed E-state index contributed by atoms with van der Waals surface area (Å²) in [5, 5.41) is 13.0. The number of rotatable bonds is 1. The van der Waals surface area contributed by atoms with E-state index in [9.17, 15) is 5.11 Å². The minimum atomic E-state index is -0.171. The van der Waals surface area contributed by atoms with E-state index in [0.29, 0.717) is 6.04 Å². The van der Waals surface area contributed by atoms with Gasteiger partial charge in [0.25, 0.3) is 0 Å². The molecule has 0 aromatic carbocycles. The largest absolute Gasteiger partial charge is 0.392 e. The van der Waals surface area contributed by atoms with Crippen LogP contribution in [-0.2, 0) is 0 Å². The van der Waals surface area contributed by atoms with Gasteiger partial charge in [0, 0.05) is 12.1 Å². The van der Waals surface area contributed by atoms with Gasteiger partial charge in [-0.1, -0.05) is 12.8 Å². The van der Waals surface area contributed by atoms with Crippen LogP contribution < -0.4 is 5.32 Å². The van der Waals surface area contributed by atoms with E-state index >= 15 is 0 Å². The highest BCUT2D eigenvalue weighted by molar-refractivity contribution is 4.94. The van der Waals surface area contributed by atoms with Gasteiger partial charge in [-0.05, 0) is 32.1 Å². The second-order valence-corrected chi connectivity index (χ2v) is 4.40. The highest BCUT2D eigenvalue weighted by atomic mass is 16.3. The Morgan fingerprint density at radius 3 is 2.75 bits per heavy atom. The van der Waals surface area contributed by atoms with Crippen LogP contribution in [0.4, 0.5) is 0 Å². The molecular weight excluding hydrogens is 150 g/mol. The summed E-state index contributed by atoms with van der Waals surface area (Å²) in [7, 11) is 0. The molecule has 1 saturated heterocycles. The summed E-state index contributed by atoms with van der Waals surface area (Å²) in [5.74, 6) is 0.860. The first kappa shape index (κ1) is 8.52. The lowest BCUT2D eigenvalue weighted by atomic mass is 9.85. The Morgan fingerprint density at radius 1 is 1.33 bits per heavy atom. The summed E-state index contributed by atoms with van der Waals surface area (Å²) in [6.45, 7) is 1.90. The Kier molecular flexibility index (Phi) is 2.37. The normalized spacial score (nSPS) is 44.0. The van der Waals surface area contributed by atoms with Crippen LogP contribution in [-0.4, -0.2) is 23.3 Å². The number of aliphatic hydroxyl groups is 1. The molecule has 2 nitrogen and oxygen atoms in total. The Balaban J connectivity index is 1.94. The third-order valence-electron chi connectivity index (χ3n) is 3.48. The summed E-state index contributed by atoms with van der Waals surface area (Å²) in [6.07, 6.45) is 6.50. The van der Waals surface area contributed by atoms with Crippen molar-refractivity contribution >= 4 is 0 Å². The van der Waals surface area contributed by atoms with E-state index in [1.165, 1.54) is 32.1 Å². The average molecular weight is 169 g/mol. The zero-order valence-electron chi connectivity index (χ0n) is 7.79. The molecule has 2 heteroatoms. The molecular formula is C10H19NO. The van der Waals surface area contributed by atoms with Gasteiger partial charge in [-0.25, -0.2) is 0 Å². The minimum absolute atomic E-state index is 0.171. The quantitative estimate of drug-likeness (QED) is 0.620. The van der Waals surface area contributed by atoms with Gasteiger partial charge in [0.15, 0.2) is 0 Å². The van der Waals surface area contributed by atoms with E-state index < -0.39 is 0 Å². The van der Waals surface area contributed by atoms with E-state index in [1.54, 1.807) is 0 Å². The molecule has 0 aromatic heterocycles. The SMILES string of the molecule is CC(O)C1CC2CCCCC2N1. The average Bonchev–Trinajstić information content (AvgIpc) is 2.46. The predicted octanol–water partition coefficient (Wildman–Crippen LogP) is 1.29. The number of nitrogens with one attached hydrogen (secondary N) is 1. The van der Waals surface area contributed by atoms with Crippen LogP contribution in [0.3, 0.4) is 0 Å². The van der Waals surface area contributed by atoms with Crippen LogP contribution in [0.5, 0.6) is 0 Å². The van der Waals surface area contributed by atoms with Crippen molar-refractivity contribution in [1.29, 1.82) is 0 Å². The highest BCUT2D eigenvalue weighted by Crippen LogP contribution is 2.33. The lowest BCUT2D eigenvalue weighted by molar-refractivity contribution is 0.151. The fourth-order valence-electron chi connectivity index (χ4n) is 2.71. The smallest absolute Gasteiger partial charge is 0.0665 e. The zero-order chi connectivity index (χ0) is 8.55. The first-order valence-corrected chi connectivity index (χ1v) is 5.21. The molecule has 2 aliphatic rings. The molecule has 4 unspecified atom stereocenters. The molecule has 1 heterocycles. The Labute approximate surface area is 74.4 Å². The number of fused-ring (bicyclic) bond motifs is 1. The van der Waals surface area contributed by atoms with Crippen LogP contribution in [0, 0.1) is 5.92 Å². The number of hydrogen-bond donors (Lipinski definition) is 2. The first-order chi connectivity index (χ1) is 5.77. The molecule has 0 spiro atoms. The molecule has 1 aliphatic carbocycles. The summed E-state index contributed by atoms with van der Waals surface area (Å²) in [5.41, 5.74) is 0. The highest BCUT2D eigenvalue weighted by Gasteiger charge is 2.36. The van der Waals surface area contributed by atoms with E-state index in [4.69, 9.17) is 0 Å². The third-order valence-corrected chi connectivity index (χ3v) is 3.48. The van der Waals surface area contributed by atoms with Crippen molar-refractivity contribution in [3.05, 3.63) is 0 Å². The Bertz CT molecular complexity index is 144. The van der Waals surface area contributed by atoms with Crippen LogP contribution >= 0.6 is 0 Å². The van der Waals surface area contributed by atoms with Crippen molar-refractivity contribution in [2.24, 2.45) is 5.92 Å². The lowest BCUT2D eigenvalue weighted by Crippen LogP contribution is -2.38. The third kappa shape index (κ3) is 1.50. The van der Waals surface area contributed by atoms with Crippen molar-refractivity contribution in [1.82, 2.24) is 5.32 Å². The second-order valence-electron chi connectivity index (χ2n) is 4.40. The molecule has 0 radical (unpaired) electrons. The molecule has 2 N–H and O–H groups in total. The molecule has 0 aromatic rings. The molecule has 4 atom stereocenters. The fraction of sp³-hybridized carbons (Fsp3) is 1.00. The topological polar surface area (TPSA) is 32.3 Å². The molecule has 1 aliphatic heterocycles. The first-order valence-electron chi connectivity index (χ1n) is 5.21. The number of hydrogen-bond acceptors (Lipinski definition) is 2. The summed E-state index contributed by atoms with van der Waals surface area (Å²) in [4.78, 5) is 0. The summed E-state index contributed by atoms with van der Waals surface area (Å²) >= 11 is 0. The second kappa shape index (κ2) is 3.35. The van der Waals surface area contributed by atoms with Crippen molar-refractivity contribution in [3.63, 3.8) is 0 Å². The molecule has 0 bridgehead atoms. The molecule has 0 amide bonds. The minimum Gasteiger partial charge on any atom is -0.392 e. The van der Waals surface area contributed by atoms with Crippen LogP contribution in [0.25, 0.3) is 0 Å². The molecule has 2 fully saturated rings. The fourth-order valence-corrected chi connectivity index (χ4v) is 2.71. The molecule has 2 rings (SSSR count). The maximum absolute atomic E-state index is 9.44. The van der Waals surface area contributed by atoms with Crippen LogP contribution in [0.1, 0.15) is 39.0 Å². The Morgan fingerprint density at radius 2 is 2.08 bits per heavy atom. The predicted molar refractivity (Wildman–Crippen MR) is 49.0 cm³/mol. The van der Waals surface area contributed by atoms with Gasteiger partial charge < -0.3 is 10.4 Å². The molecule has 12 heavy (non-hydrogen) atoms. The van der Waals surface area contributed by atoms with E-state index in [1.807, 2.05) is 6.92 Å². The Hall–Kier alpha value is -0.0800. The van der Waals surface area contributed by atoms with Gasteiger partial charge in [-0.2, -0.15) is 0 Å². The van der Waals surface area contributed by atoms with E-state index in [2.05, 4.69) is 5.32 Å². The maximum atomic E-state index is 9.44. The summed E-state index contributed by atoms with van der Waals surface area (Å²) < 4.78 is 0. The van der Waals surface area contributed by atoms with Crippen LogP contribution in [0.2, 0.25) is 0 Å².